The van der Waals surface area contributed by atoms with Crippen molar-refractivity contribution in [3.05, 3.63) is 0 Å². The van der Waals surface area contributed by atoms with Crippen LogP contribution in [0.2, 0.25) is 0 Å². The summed E-state index contributed by atoms with van der Waals surface area (Å²) in [7, 11) is 3.53. The summed E-state index contributed by atoms with van der Waals surface area (Å²) in [5.41, 5.74) is 6.44. The van der Waals surface area contributed by atoms with Crippen molar-refractivity contribution in [2.24, 2.45) is 11.1 Å². The Hall–Kier alpha value is -0.160. The van der Waals surface area contributed by atoms with Gasteiger partial charge in [-0.05, 0) is 24.8 Å². The number of methoxy groups -OCH3 is 2. The summed E-state index contributed by atoms with van der Waals surface area (Å²) in [5.74, 6) is 0. The molecule has 0 aromatic carbocycles. The van der Waals surface area contributed by atoms with E-state index in [1.807, 2.05) is 0 Å². The molecule has 0 bridgehead atoms. The van der Waals surface area contributed by atoms with Crippen molar-refractivity contribution in [1.29, 1.82) is 0 Å². The van der Waals surface area contributed by atoms with Crippen LogP contribution in [0, 0.1) is 5.41 Å². The lowest BCUT2D eigenvalue weighted by atomic mass is 9.80. The van der Waals surface area contributed by atoms with Crippen LogP contribution in [-0.2, 0) is 9.47 Å². The maximum absolute atomic E-state index is 6.12. The highest BCUT2D eigenvalue weighted by molar-refractivity contribution is 4.86. The fourth-order valence-electron chi connectivity index (χ4n) is 3.09. The first-order valence-corrected chi connectivity index (χ1v) is 7.66. The SMILES string of the molecule is COCCN(CCOC)CC1(CN)CCCCCC1. The zero-order valence-corrected chi connectivity index (χ0v) is 12.8. The van der Waals surface area contributed by atoms with Gasteiger partial charge in [0.05, 0.1) is 13.2 Å². The Morgan fingerprint density at radius 1 is 0.947 bits per heavy atom. The van der Waals surface area contributed by atoms with Crippen LogP contribution in [0.1, 0.15) is 38.5 Å². The number of ether oxygens (including phenoxy) is 2. The molecule has 1 aliphatic carbocycles. The smallest absolute Gasteiger partial charge is 0.0589 e. The Balaban J connectivity index is 2.55. The van der Waals surface area contributed by atoms with Crippen molar-refractivity contribution in [3.63, 3.8) is 0 Å². The predicted molar refractivity (Wildman–Crippen MR) is 79.4 cm³/mol. The molecule has 0 heterocycles. The Bertz CT molecular complexity index is 208. The molecule has 1 rings (SSSR count). The number of nitrogens with zero attached hydrogens (tertiary/aromatic N) is 1. The van der Waals surface area contributed by atoms with Crippen LogP contribution in [0.15, 0.2) is 0 Å². The second kappa shape index (κ2) is 9.70. The summed E-state index contributed by atoms with van der Waals surface area (Å²) in [4.78, 5) is 2.46. The van der Waals surface area contributed by atoms with E-state index in [4.69, 9.17) is 15.2 Å². The fraction of sp³-hybridized carbons (Fsp3) is 1.00. The van der Waals surface area contributed by atoms with E-state index in [9.17, 15) is 0 Å². The minimum Gasteiger partial charge on any atom is -0.383 e. The normalized spacial score (nSPS) is 19.6. The topological polar surface area (TPSA) is 47.7 Å². The Labute approximate surface area is 118 Å². The molecule has 0 aromatic heterocycles. The average molecular weight is 272 g/mol. The molecule has 1 fully saturated rings. The van der Waals surface area contributed by atoms with Crippen LogP contribution >= 0.6 is 0 Å². The predicted octanol–water partition coefficient (Wildman–Crippen LogP) is 1.88. The molecule has 1 aliphatic rings. The highest BCUT2D eigenvalue weighted by Gasteiger charge is 2.31. The van der Waals surface area contributed by atoms with E-state index in [0.29, 0.717) is 5.41 Å². The maximum Gasteiger partial charge on any atom is 0.0589 e. The number of hydrogen-bond acceptors (Lipinski definition) is 4. The van der Waals surface area contributed by atoms with Gasteiger partial charge in [-0.1, -0.05) is 25.7 Å². The quantitative estimate of drug-likeness (QED) is 0.651. The monoisotopic (exact) mass is 272 g/mol. The molecule has 4 heteroatoms. The number of nitrogens with two attached hydrogens (primary N) is 1. The lowest BCUT2D eigenvalue weighted by molar-refractivity contribution is 0.0746. The molecule has 0 spiro atoms. The standard InChI is InChI=1S/C15H32N2O2/c1-18-11-9-17(10-12-19-2)14-15(13-16)7-5-3-4-6-8-15/h3-14,16H2,1-2H3. The van der Waals surface area contributed by atoms with Crippen molar-refractivity contribution < 1.29 is 9.47 Å². The highest BCUT2D eigenvalue weighted by atomic mass is 16.5. The maximum atomic E-state index is 6.12. The first-order chi connectivity index (χ1) is 9.26. The zero-order valence-electron chi connectivity index (χ0n) is 12.8. The van der Waals surface area contributed by atoms with Crippen molar-refractivity contribution in [2.45, 2.75) is 38.5 Å². The van der Waals surface area contributed by atoms with Gasteiger partial charge in [0.15, 0.2) is 0 Å². The van der Waals surface area contributed by atoms with E-state index in [2.05, 4.69) is 4.90 Å². The van der Waals surface area contributed by atoms with Gasteiger partial charge in [-0.15, -0.1) is 0 Å². The molecule has 1 saturated carbocycles. The highest BCUT2D eigenvalue weighted by Crippen LogP contribution is 2.34. The van der Waals surface area contributed by atoms with E-state index >= 15 is 0 Å². The third-order valence-corrected chi connectivity index (χ3v) is 4.38. The molecule has 19 heavy (non-hydrogen) atoms. The lowest BCUT2D eigenvalue weighted by Gasteiger charge is -2.37. The van der Waals surface area contributed by atoms with Gasteiger partial charge in [0.2, 0.25) is 0 Å². The fourth-order valence-corrected chi connectivity index (χ4v) is 3.09. The second-order valence-electron chi connectivity index (χ2n) is 5.88. The summed E-state index contributed by atoms with van der Waals surface area (Å²) in [6.07, 6.45) is 7.97. The molecule has 0 aromatic rings. The molecular formula is C15H32N2O2. The Kier molecular flexibility index (Phi) is 8.62. The zero-order chi connectivity index (χ0) is 14.0. The summed E-state index contributed by atoms with van der Waals surface area (Å²) in [5, 5.41) is 0. The summed E-state index contributed by atoms with van der Waals surface area (Å²) >= 11 is 0. The largest absolute Gasteiger partial charge is 0.383 e. The van der Waals surface area contributed by atoms with Crippen molar-refractivity contribution in [2.75, 3.05) is 53.6 Å². The van der Waals surface area contributed by atoms with Gasteiger partial charge in [-0.3, -0.25) is 4.90 Å². The molecule has 114 valence electrons. The van der Waals surface area contributed by atoms with Gasteiger partial charge in [-0.25, -0.2) is 0 Å². The molecule has 4 nitrogen and oxygen atoms in total. The van der Waals surface area contributed by atoms with Crippen molar-refractivity contribution in [3.8, 4) is 0 Å². The summed E-state index contributed by atoms with van der Waals surface area (Å²) < 4.78 is 10.4. The molecule has 0 aliphatic heterocycles. The van der Waals surface area contributed by atoms with Gasteiger partial charge in [0, 0.05) is 33.9 Å². The molecule has 2 N–H and O–H groups in total. The minimum absolute atomic E-state index is 0.317. The molecule has 0 saturated heterocycles. The summed E-state index contributed by atoms with van der Waals surface area (Å²) in [6.45, 7) is 5.41. The van der Waals surface area contributed by atoms with Crippen LogP contribution in [-0.4, -0.2) is 58.5 Å². The van der Waals surface area contributed by atoms with E-state index in [1.54, 1.807) is 14.2 Å². The minimum atomic E-state index is 0.317. The summed E-state index contributed by atoms with van der Waals surface area (Å²) in [6, 6.07) is 0. The van der Waals surface area contributed by atoms with Crippen LogP contribution in [0.25, 0.3) is 0 Å². The first-order valence-electron chi connectivity index (χ1n) is 7.66. The van der Waals surface area contributed by atoms with Crippen LogP contribution in [0.3, 0.4) is 0 Å². The van der Waals surface area contributed by atoms with Crippen LogP contribution in [0.4, 0.5) is 0 Å². The van der Waals surface area contributed by atoms with Gasteiger partial charge >= 0.3 is 0 Å². The van der Waals surface area contributed by atoms with E-state index in [-0.39, 0.29) is 0 Å². The third kappa shape index (κ3) is 6.21. The van der Waals surface area contributed by atoms with Crippen molar-refractivity contribution in [1.82, 2.24) is 4.90 Å². The Morgan fingerprint density at radius 2 is 1.47 bits per heavy atom. The Morgan fingerprint density at radius 3 is 1.89 bits per heavy atom. The molecule has 0 atom stereocenters. The van der Waals surface area contributed by atoms with Crippen molar-refractivity contribution >= 4 is 0 Å². The van der Waals surface area contributed by atoms with E-state index < -0.39 is 0 Å². The molecule has 0 unspecified atom stereocenters. The van der Waals surface area contributed by atoms with E-state index in [0.717, 1.165) is 39.4 Å². The van der Waals surface area contributed by atoms with Gasteiger partial charge < -0.3 is 15.2 Å². The molecule has 0 radical (unpaired) electrons. The van der Waals surface area contributed by atoms with E-state index in [1.165, 1.54) is 38.5 Å². The first kappa shape index (κ1) is 16.9. The van der Waals surface area contributed by atoms with Crippen LogP contribution in [0.5, 0.6) is 0 Å². The lowest BCUT2D eigenvalue weighted by Crippen LogP contribution is -2.44. The number of hydrogen-bond donors (Lipinski definition) is 1. The van der Waals surface area contributed by atoms with Gasteiger partial charge in [0.1, 0.15) is 0 Å². The average Bonchev–Trinajstić information content (AvgIpc) is 2.68. The number of rotatable bonds is 9. The molecule has 0 amide bonds. The third-order valence-electron chi connectivity index (χ3n) is 4.38. The second-order valence-corrected chi connectivity index (χ2v) is 5.88. The van der Waals surface area contributed by atoms with Crippen LogP contribution < -0.4 is 5.73 Å². The van der Waals surface area contributed by atoms with Gasteiger partial charge in [-0.2, -0.15) is 0 Å². The van der Waals surface area contributed by atoms with Gasteiger partial charge in [0.25, 0.3) is 0 Å². The molecular weight excluding hydrogens is 240 g/mol.